The molecule has 1 fully saturated rings. The van der Waals surface area contributed by atoms with Crippen LogP contribution >= 0.6 is 41.2 Å². The van der Waals surface area contributed by atoms with Gasteiger partial charge in [0.15, 0.2) is 0 Å². The van der Waals surface area contributed by atoms with E-state index in [4.69, 9.17) is 0 Å². The van der Waals surface area contributed by atoms with Crippen LogP contribution in [0.2, 0.25) is 0 Å². The lowest BCUT2D eigenvalue weighted by Crippen LogP contribution is -1.73. The molecule has 0 aromatic rings. The van der Waals surface area contributed by atoms with E-state index in [0.29, 0.717) is 0 Å². The lowest BCUT2D eigenvalue weighted by atomic mass is 10.1. The zero-order chi connectivity index (χ0) is 9.78. The lowest BCUT2D eigenvalue weighted by Gasteiger charge is -1.93. The van der Waals surface area contributed by atoms with E-state index in [0.717, 1.165) is 0 Å². The fourth-order valence-corrected chi connectivity index (χ4v) is 8.81. The van der Waals surface area contributed by atoms with Crippen LogP contribution in [0.4, 0.5) is 0 Å². The highest BCUT2D eigenvalue weighted by molar-refractivity contribution is 9.30. The standard InChI is InChI=1S/C8H18.CH2S4/c1-3-5-7-8-6-4-2;1-2-4-5-3-1/h3-8H2,1-2H3;1H2. The Balaban J connectivity index is 0.000000243. The average molecular weight is 257 g/mol. The first-order chi connectivity index (χ1) is 6.41. The van der Waals surface area contributed by atoms with E-state index in [2.05, 4.69) is 13.8 Å². The van der Waals surface area contributed by atoms with E-state index < -0.39 is 0 Å². The molecule has 0 radical (unpaired) electrons. The molecule has 0 aromatic carbocycles. The van der Waals surface area contributed by atoms with E-state index in [-0.39, 0.29) is 0 Å². The first kappa shape index (κ1) is 14.4. The van der Waals surface area contributed by atoms with Gasteiger partial charge in [-0.2, -0.15) is 0 Å². The van der Waals surface area contributed by atoms with Gasteiger partial charge in [-0.25, -0.2) is 0 Å². The third-order valence-electron chi connectivity index (χ3n) is 1.68. The maximum absolute atomic E-state index is 2.26. The summed E-state index contributed by atoms with van der Waals surface area (Å²) in [6, 6.07) is 0. The fourth-order valence-electron chi connectivity index (χ4n) is 0.952. The highest BCUT2D eigenvalue weighted by atomic mass is 33.7. The van der Waals surface area contributed by atoms with Crippen molar-refractivity contribution in [2.45, 2.75) is 52.4 Å². The van der Waals surface area contributed by atoms with Gasteiger partial charge < -0.3 is 0 Å². The molecule has 13 heavy (non-hydrogen) atoms. The van der Waals surface area contributed by atoms with Crippen LogP contribution in [-0.2, 0) is 0 Å². The Morgan fingerprint density at radius 1 is 0.769 bits per heavy atom. The molecule has 4 heteroatoms. The molecule has 1 rings (SSSR count). The minimum atomic E-state index is 1.26. The van der Waals surface area contributed by atoms with Crippen molar-refractivity contribution in [1.82, 2.24) is 0 Å². The van der Waals surface area contributed by atoms with Gasteiger partial charge in [0.25, 0.3) is 0 Å². The molecule has 0 saturated carbocycles. The van der Waals surface area contributed by atoms with Crippen molar-refractivity contribution in [1.29, 1.82) is 0 Å². The molecule has 0 nitrogen and oxygen atoms in total. The van der Waals surface area contributed by atoms with Crippen LogP contribution in [0.15, 0.2) is 0 Å². The summed E-state index contributed by atoms with van der Waals surface area (Å²) in [7, 11) is 7.57. The normalized spacial score (nSPS) is 15.2. The molecule has 1 heterocycles. The largest absolute Gasteiger partial charge is 0.0698 e. The van der Waals surface area contributed by atoms with Crippen LogP contribution < -0.4 is 0 Å². The maximum atomic E-state index is 2.26. The van der Waals surface area contributed by atoms with Gasteiger partial charge in [0.2, 0.25) is 0 Å². The van der Waals surface area contributed by atoms with Crippen molar-refractivity contribution in [2.75, 3.05) is 5.08 Å². The molecule has 1 aliphatic heterocycles. The SMILES string of the molecule is C1SSSS1.CCCCCCCC. The van der Waals surface area contributed by atoms with Crippen molar-refractivity contribution >= 4 is 41.2 Å². The Morgan fingerprint density at radius 2 is 1.23 bits per heavy atom. The minimum absolute atomic E-state index is 1.26. The highest BCUT2D eigenvalue weighted by Gasteiger charge is 1.98. The lowest BCUT2D eigenvalue weighted by molar-refractivity contribution is 0.624. The van der Waals surface area contributed by atoms with E-state index in [1.807, 2.05) is 41.2 Å². The Hall–Kier alpha value is 1.40. The number of rotatable bonds is 5. The van der Waals surface area contributed by atoms with Crippen LogP contribution in [0, 0.1) is 0 Å². The summed E-state index contributed by atoms with van der Waals surface area (Å²) < 4.78 is 0. The van der Waals surface area contributed by atoms with Gasteiger partial charge in [-0.05, 0) is 19.7 Å². The molecule has 0 aromatic heterocycles. The summed E-state index contributed by atoms with van der Waals surface area (Å²) in [6.07, 6.45) is 8.49. The Bertz CT molecular complexity index is 70.1. The molecule has 0 N–H and O–H groups in total. The van der Waals surface area contributed by atoms with Crippen molar-refractivity contribution in [3.8, 4) is 0 Å². The van der Waals surface area contributed by atoms with Crippen LogP contribution in [0.5, 0.6) is 0 Å². The van der Waals surface area contributed by atoms with Crippen molar-refractivity contribution in [3.63, 3.8) is 0 Å². The molecule has 1 aliphatic rings. The van der Waals surface area contributed by atoms with Gasteiger partial charge in [-0.1, -0.05) is 74.0 Å². The van der Waals surface area contributed by atoms with E-state index in [9.17, 15) is 0 Å². The average Bonchev–Trinajstić information content (AvgIpc) is 2.70. The molecule has 0 amide bonds. The highest BCUT2D eigenvalue weighted by Crippen LogP contribution is 2.53. The van der Waals surface area contributed by atoms with Gasteiger partial charge in [0.1, 0.15) is 0 Å². The van der Waals surface area contributed by atoms with Crippen LogP contribution in [0.3, 0.4) is 0 Å². The monoisotopic (exact) mass is 256 g/mol. The van der Waals surface area contributed by atoms with E-state index >= 15 is 0 Å². The number of hydrogen-bond acceptors (Lipinski definition) is 4. The fraction of sp³-hybridized carbons (Fsp3) is 1.00. The second-order valence-corrected chi connectivity index (χ2v) is 9.27. The number of hydrogen-bond donors (Lipinski definition) is 0. The van der Waals surface area contributed by atoms with Crippen molar-refractivity contribution in [3.05, 3.63) is 0 Å². The summed E-state index contributed by atoms with van der Waals surface area (Å²) >= 11 is 0. The van der Waals surface area contributed by atoms with Crippen LogP contribution in [0.25, 0.3) is 0 Å². The topological polar surface area (TPSA) is 0 Å². The zero-order valence-corrected chi connectivity index (χ0v) is 11.8. The van der Waals surface area contributed by atoms with Gasteiger partial charge in [-0.3, -0.25) is 0 Å². The first-order valence-electron chi connectivity index (χ1n) is 4.99. The smallest absolute Gasteiger partial charge is 0.0616 e. The molecule has 0 atom stereocenters. The molecule has 0 unspecified atom stereocenters. The van der Waals surface area contributed by atoms with Gasteiger partial charge >= 0.3 is 0 Å². The molecular formula is C9H20S4. The molecule has 0 bridgehead atoms. The predicted molar refractivity (Wildman–Crippen MR) is 74.3 cm³/mol. The summed E-state index contributed by atoms with van der Waals surface area (Å²) in [5, 5.41) is 1.26. The van der Waals surface area contributed by atoms with Gasteiger partial charge in [0.05, 0.1) is 5.08 Å². The van der Waals surface area contributed by atoms with Gasteiger partial charge in [-0.15, -0.1) is 0 Å². The zero-order valence-electron chi connectivity index (χ0n) is 8.58. The quantitative estimate of drug-likeness (QED) is 0.436. The molecule has 0 aliphatic carbocycles. The molecule has 0 spiro atoms. The summed E-state index contributed by atoms with van der Waals surface area (Å²) in [5.41, 5.74) is 0. The maximum Gasteiger partial charge on any atom is 0.0616 e. The third-order valence-corrected chi connectivity index (χ3v) is 8.90. The Labute approximate surface area is 98.4 Å². The number of unbranched alkanes of at least 4 members (excludes halogenated alkanes) is 5. The van der Waals surface area contributed by atoms with E-state index in [1.54, 1.807) is 0 Å². The Morgan fingerprint density at radius 3 is 1.46 bits per heavy atom. The summed E-state index contributed by atoms with van der Waals surface area (Å²) in [5.74, 6) is 0. The van der Waals surface area contributed by atoms with Crippen molar-refractivity contribution < 1.29 is 0 Å². The Kier molecular flexibility index (Phi) is 14.8. The van der Waals surface area contributed by atoms with E-state index in [1.165, 1.54) is 43.6 Å². The van der Waals surface area contributed by atoms with Gasteiger partial charge in [0, 0.05) is 0 Å². The molecular weight excluding hydrogens is 236 g/mol. The predicted octanol–water partition coefficient (Wildman–Crippen LogP) is 6.00. The van der Waals surface area contributed by atoms with Crippen LogP contribution in [-0.4, -0.2) is 5.08 Å². The third kappa shape index (κ3) is 13.4. The molecule has 80 valence electrons. The molecule has 1 saturated heterocycles. The summed E-state index contributed by atoms with van der Waals surface area (Å²) in [4.78, 5) is 0. The second-order valence-electron chi connectivity index (χ2n) is 2.90. The first-order valence-corrected chi connectivity index (χ1v) is 10.1. The minimum Gasteiger partial charge on any atom is -0.0698 e. The van der Waals surface area contributed by atoms with Crippen LogP contribution in [0.1, 0.15) is 52.4 Å². The summed E-state index contributed by atoms with van der Waals surface area (Å²) in [6.45, 7) is 4.51. The van der Waals surface area contributed by atoms with Crippen molar-refractivity contribution in [2.24, 2.45) is 0 Å². The second kappa shape index (κ2) is 13.4.